The van der Waals surface area contributed by atoms with Gasteiger partial charge in [-0.1, -0.05) is 6.92 Å². The summed E-state index contributed by atoms with van der Waals surface area (Å²) >= 11 is 0. The van der Waals surface area contributed by atoms with E-state index in [1.807, 2.05) is 0 Å². The van der Waals surface area contributed by atoms with E-state index in [1.54, 1.807) is 0 Å². The van der Waals surface area contributed by atoms with Crippen molar-refractivity contribution in [1.82, 2.24) is 5.32 Å². The van der Waals surface area contributed by atoms with Crippen molar-refractivity contribution in [1.29, 1.82) is 0 Å². The molecule has 0 amide bonds. The van der Waals surface area contributed by atoms with Crippen LogP contribution in [0.2, 0.25) is 0 Å². The molecule has 1 saturated heterocycles. The molecule has 0 saturated carbocycles. The third-order valence-electron chi connectivity index (χ3n) is 3.70. The molecule has 0 spiro atoms. The molecule has 1 heterocycles. The van der Waals surface area contributed by atoms with Gasteiger partial charge in [-0.05, 0) is 44.6 Å². The van der Waals surface area contributed by atoms with E-state index in [0.29, 0.717) is 17.9 Å². The van der Waals surface area contributed by atoms with Crippen molar-refractivity contribution < 1.29 is 16.8 Å². The minimum absolute atomic E-state index is 0.209. The fraction of sp³-hybridized carbons (Fsp3) is 1.00. The Morgan fingerprint density at radius 3 is 2.55 bits per heavy atom. The Labute approximate surface area is 123 Å². The van der Waals surface area contributed by atoms with Gasteiger partial charge in [-0.25, -0.2) is 16.8 Å². The first-order chi connectivity index (χ1) is 9.22. The van der Waals surface area contributed by atoms with Crippen molar-refractivity contribution >= 4 is 19.7 Å². The van der Waals surface area contributed by atoms with Gasteiger partial charge in [-0.3, -0.25) is 0 Å². The second kappa shape index (κ2) is 7.75. The highest BCUT2D eigenvalue weighted by Gasteiger charge is 2.29. The normalized spacial score (nSPS) is 23.8. The average Bonchev–Trinajstić information content (AvgIpc) is 2.63. The molecule has 0 bridgehead atoms. The van der Waals surface area contributed by atoms with Gasteiger partial charge in [0.05, 0.1) is 11.5 Å². The zero-order chi connectivity index (χ0) is 15.2. The smallest absolute Gasteiger partial charge is 0.150 e. The Balaban J connectivity index is 2.43. The molecule has 0 radical (unpaired) electrons. The number of sulfone groups is 2. The molecule has 2 unspecified atom stereocenters. The summed E-state index contributed by atoms with van der Waals surface area (Å²) in [6.07, 6.45) is 5.29. The Bertz CT molecular complexity index is 485. The maximum atomic E-state index is 11.5. The van der Waals surface area contributed by atoms with E-state index in [9.17, 15) is 16.8 Å². The third-order valence-corrected chi connectivity index (χ3v) is 6.56. The van der Waals surface area contributed by atoms with Crippen LogP contribution in [0.5, 0.6) is 0 Å². The first kappa shape index (κ1) is 17.9. The van der Waals surface area contributed by atoms with Crippen LogP contribution in [0.15, 0.2) is 0 Å². The largest absolute Gasteiger partial charge is 0.314 e. The molecule has 0 aromatic heterocycles. The van der Waals surface area contributed by atoms with Gasteiger partial charge in [0, 0.05) is 18.1 Å². The van der Waals surface area contributed by atoms with Crippen molar-refractivity contribution in [3.63, 3.8) is 0 Å². The summed E-state index contributed by atoms with van der Waals surface area (Å²) in [6, 6.07) is 0.231. The standard InChI is InChI=1S/C13H27NO4S2/c1-3-7-14-13(5-4-8-19(2,15)16)10-12-6-9-20(17,18)11-12/h12-14H,3-11H2,1-2H3. The summed E-state index contributed by atoms with van der Waals surface area (Å²) in [5.41, 5.74) is 0. The minimum atomic E-state index is -2.91. The van der Waals surface area contributed by atoms with Gasteiger partial charge in [-0.15, -0.1) is 0 Å². The zero-order valence-corrected chi connectivity index (χ0v) is 14.1. The van der Waals surface area contributed by atoms with Crippen LogP contribution in [0.25, 0.3) is 0 Å². The van der Waals surface area contributed by atoms with Gasteiger partial charge in [0.25, 0.3) is 0 Å². The van der Waals surface area contributed by atoms with Gasteiger partial charge in [0.2, 0.25) is 0 Å². The van der Waals surface area contributed by atoms with Gasteiger partial charge < -0.3 is 5.32 Å². The summed E-state index contributed by atoms with van der Waals surface area (Å²) in [4.78, 5) is 0. The van der Waals surface area contributed by atoms with E-state index in [0.717, 1.165) is 32.2 Å². The van der Waals surface area contributed by atoms with Gasteiger partial charge >= 0.3 is 0 Å². The molecule has 1 N–H and O–H groups in total. The molecule has 1 fully saturated rings. The van der Waals surface area contributed by atoms with E-state index in [2.05, 4.69) is 12.2 Å². The molecule has 0 aromatic rings. The Morgan fingerprint density at radius 1 is 1.35 bits per heavy atom. The summed E-state index contributed by atoms with van der Waals surface area (Å²) in [7, 11) is -5.74. The molecule has 0 aromatic carbocycles. The molecule has 120 valence electrons. The highest BCUT2D eigenvalue weighted by atomic mass is 32.2. The highest BCUT2D eigenvalue weighted by molar-refractivity contribution is 7.91. The molecule has 1 aliphatic heterocycles. The fourth-order valence-corrected chi connectivity index (χ4v) is 5.28. The van der Waals surface area contributed by atoms with Crippen molar-refractivity contribution in [3.05, 3.63) is 0 Å². The van der Waals surface area contributed by atoms with Gasteiger partial charge in [-0.2, -0.15) is 0 Å². The van der Waals surface area contributed by atoms with Crippen LogP contribution >= 0.6 is 0 Å². The van der Waals surface area contributed by atoms with Crippen molar-refractivity contribution in [2.75, 3.05) is 30.1 Å². The van der Waals surface area contributed by atoms with Crippen molar-refractivity contribution in [2.24, 2.45) is 5.92 Å². The summed E-state index contributed by atoms with van der Waals surface area (Å²) < 4.78 is 45.3. The summed E-state index contributed by atoms with van der Waals surface area (Å²) in [5, 5.41) is 3.42. The van der Waals surface area contributed by atoms with E-state index >= 15 is 0 Å². The molecule has 0 aliphatic carbocycles. The number of hydrogen-bond acceptors (Lipinski definition) is 5. The third kappa shape index (κ3) is 7.59. The lowest BCUT2D eigenvalue weighted by atomic mass is 9.96. The number of hydrogen-bond donors (Lipinski definition) is 1. The Hall–Kier alpha value is -0.140. The topological polar surface area (TPSA) is 80.3 Å². The molecule has 2 atom stereocenters. The molecule has 20 heavy (non-hydrogen) atoms. The predicted octanol–water partition coefficient (Wildman–Crippen LogP) is 1.00. The lowest BCUT2D eigenvalue weighted by Gasteiger charge is -2.21. The summed E-state index contributed by atoms with van der Waals surface area (Å²) in [6.45, 7) is 2.98. The van der Waals surface area contributed by atoms with Crippen LogP contribution in [-0.4, -0.2) is 52.9 Å². The molecular formula is C13H27NO4S2. The van der Waals surface area contributed by atoms with Gasteiger partial charge in [0.15, 0.2) is 9.84 Å². The highest BCUT2D eigenvalue weighted by Crippen LogP contribution is 2.24. The lowest BCUT2D eigenvalue weighted by Crippen LogP contribution is -2.32. The maximum Gasteiger partial charge on any atom is 0.150 e. The van der Waals surface area contributed by atoms with E-state index in [4.69, 9.17) is 0 Å². The second-order valence-corrected chi connectivity index (χ2v) is 10.4. The average molecular weight is 325 g/mol. The first-order valence-electron chi connectivity index (χ1n) is 7.33. The van der Waals surface area contributed by atoms with Gasteiger partial charge in [0.1, 0.15) is 9.84 Å². The first-order valence-corrected chi connectivity index (χ1v) is 11.2. The van der Waals surface area contributed by atoms with E-state index < -0.39 is 19.7 Å². The maximum absolute atomic E-state index is 11.5. The number of rotatable bonds is 9. The van der Waals surface area contributed by atoms with Crippen LogP contribution in [0.3, 0.4) is 0 Å². The van der Waals surface area contributed by atoms with Crippen LogP contribution in [-0.2, 0) is 19.7 Å². The van der Waals surface area contributed by atoms with Crippen molar-refractivity contribution in [2.45, 2.75) is 45.1 Å². The molecule has 5 nitrogen and oxygen atoms in total. The fourth-order valence-electron chi connectivity index (χ4n) is 2.70. The monoisotopic (exact) mass is 325 g/mol. The number of nitrogens with one attached hydrogen (secondary N) is 1. The minimum Gasteiger partial charge on any atom is -0.314 e. The predicted molar refractivity (Wildman–Crippen MR) is 82.4 cm³/mol. The van der Waals surface area contributed by atoms with E-state index in [1.165, 1.54) is 6.26 Å². The molecule has 7 heteroatoms. The van der Waals surface area contributed by atoms with Crippen LogP contribution in [0.4, 0.5) is 0 Å². The molecular weight excluding hydrogens is 298 g/mol. The van der Waals surface area contributed by atoms with Crippen LogP contribution in [0, 0.1) is 5.92 Å². The quantitative estimate of drug-likeness (QED) is 0.684. The second-order valence-electron chi connectivity index (χ2n) is 5.93. The van der Waals surface area contributed by atoms with E-state index in [-0.39, 0.29) is 17.7 Å². The van der Waals surface area contributed by atoms with Crippen molar-refractivity contribution in [3.8, 4) is 0 Å². The summed E-state index contributed by atoms with van der Waals surface area (Å²) in [5.74, 6) is 1.04. The lowest BCUT2D eigenvalue weighted by molar-refractivity contribution is 0.384. The molecule has 1 rings (SSSR count). The van der Waals surface area contributed by atoms with Crippen LogP contribution in [0.1, 0.15) is 39.0 Å². The Morgan fingerprint density at radius 2 is 2.05 bits per heavy atom. The molecule has 1 aliphatic rings. The van der Waals surface area contributed by atoms with Crippen LogP contribution < -0.4 is 5.32 Å². The SMILES string of the molecule is CCCNC(CCCS(C)(=O)=O)CC1CCS(=O)(=O)C1. The Kier molecular flexibility index (Phi) is 6.94. The zero-order valence-electron chi connectivity index (χ0n) is 12.5.